The van der Waals surface area contributed by atoms with E-state index in [9.17, 15) is 13.2 Å². The lowest BCUT2D eigenvalue weighted by atomic mass is 9.48. The van der Waals surface area contributed by atoms with Crippen molar-refractivity contribution in [1.29, 1.82) is 0 Å². The third-order valence-corrected chi connectivity index (χ3v) is 11.3. The van der Waals surface area contributed by atoms with Crippen LogP contribution in [-0.2, 0) is 20.2 Å². The van der Waals surface area contributed by atoms with Gasteiger partial charge in [0.05, 0.1) is 10.6 Å². The minimum atomic E-state index is -3.95. The van der Waals surface area contributed by atoms with Crippen molar-refractivity contribution in [2.24, 2.45) is 17.8 Å². The molecule has 204 valence electrons. The van der Waals surface area contributed by atoms with Crippen molar-refractivity contribution in [2.45, 2.75) is 69.6 Å². The highest BCUT2D eigenvalue weighted by molar-refractivity contribution is 7.92. The van der Waals surface area contributed by atoms with Crippen LogP contribution in [0.5, 0.6) is 0 Å². The number of benzene rings is 3. The van der Waals surface area contributed by atoms with Crippen LogP contribution in [-0.4, -0.2) is 20.9 Å². The number of anilines is 2. The zero-order valence-electron chi connectivity index (χ0n) is 23.1. The number of carbonyl (C=O) groups excluding carboxylic acids is 1. The predicted molar refractivity (Wildman–Crippen MR) is 157 cm³/mol. The van der Waals surface area contributed by atoms with Gasteiger partial charge in [-0.1, -0.05) is 35.9 Å². The Morgan fingerprint density at radius 3 is 1.97 bits per heavy atom. The zero-order valence-corrected chi connectivity index (χ0v) is 23.9. The fourth-order valence-corrected chi connectivity index (χ4v) is 9.15. The van der Waals surface area contributed by atoms with Crippen LogP contribution >= 0.6 is 0 Å². The molecule has 39 heavy (non-hydrogen) atoms. The molecule has 4 aliphatic carbocycles. The summed E-state index contributed by atoms with van der Waals surface area (Å²) in [5, 5.41) is 2.96. The van der Waals surface area contributed by atoms with Crippen molar-refractivity contribution in [3.8, 4) is 0 Å². The number of amides is 1. The maximum Gasteiger partial charge on any atom is 0.264 e. The number of rotatable bonds is 7. The topological polar surface area (TPSA) is 66.5 Å². The van der Waals surface area contributed by atoms with Crippen molar-refractivity contribution < 1.29 is 13.2 Å². The first-order chi connectivity index (χ1) is 18.6. The largest absolute Gasteiger partial charge is 0.325 e. The number of aryl methyl sites for hydroxylation is 3. The summed E-state index contributed by atoms with van der Waals surface area (Å²) in [4.78, 5) is 13.4. The lowest BCUT2D eigenvalue weighted by Gasteiger charge is -2.57. The van der Waals surface area contributed by atoms with Gasteiger partial charge in [-0.05, 0) is 136 Å². The minimum absolute atomic E-state index is 0.166. The van der Waals surface area contributed by atoms with Gasteiger partial charge < -0.3 is 5.32 Å². The Labute approximate surface area is 232 Å². The summed E-state index contributed by atoms with van der Waals surface area (Å²) in [5.74, 6) is 2.26. The van der Waals surface area contributed by atoms with Gasteiger partial charge >= 0.3 is 0 Å². The van der Waals surface area contributed by atoms with E-state index in [0.29, 0.717) is 16.8 Å². The molecule has 4 bridgehead atoms. The van der Waals surface area contributed by atoms with E-state index < -0.39 is 10.0 Å². The molecule has 0 aromatic heterocycles. The van der Waals surface area contributed by atoms with E-state index in [1.54, 1.807) is 30.3 Å². The summed E-state index contributed by atoms with van der Waals surface area (Å²) in [6.07, 6.45) is 8.13. The zero-order chi connectivity index (χ0) is 27.4. The molecule has 1 amide bonds. The van der Waals surface area contributed by atoms with E-state index in [2.05, 4.69) is 17.4 Å². The van der Waals surface area contributed by atoms with Crippen LogP contribution in [0.15, 0.2) is 71.6 Å². The number of hydrogen-bond acceptors (Lipinski definition) is 3. The van der Waals surface area contributed by atoms with Gasteiger partial charge in [-0.2, -0.15) is 0 Å². The molecular formula is C33H38N2O3S. The molecule has 0 heterocycles. The van der Waals surface area contributed by atoms with Gasteiger partial charge in [0.25, 0.3) is 10.0 Å². The van der Waals surface area contributed by atoms with E-state index in [0.717, 1.165) is 34.4 Å². The highest BCUT2D eigenvalue weighted by Gasteiger charge is 2.51. The van der Waals surface area contributed by atoms with Gasteiger partial charge in [-0.3, -0.25) is 9.10 Å². The highest BCUT2D eigenvalue weighted by atomic mass is 32.2. The molecule has 7 rings (SSSR count). The number of sulfonamides is 1. The Balaban J connectivity index is 1.22. The molecule has 0 unspecified atom stereocenters. The first kappa shape index (κ1) is 26.1. The third kappa shape index (κ3) is 5.00. The minimum Gasteiger partial charge on any atom is -0.325 e. The highest BCUT2D eigenvalue weighted by Crippen LogP contribution is 2.60. The van der Waals surface area contributed by atoms with Crippen molar-refractivity contribution >= 4 is 27.3 Å². The van der Waals surface area contributed by atoms with Crippen molar-refractivity contribution in [3.63, 3.8) is 0 Å². The summed E-state index contributed by atoms with van der Waals surface area (Å²) in [7, 11) is -3.95. The Hall–Kier alpha value is -3.12. The number of carbonyl (C=O) groups is 1. The quantitative estimate of drug-likeness (QED) is 0.353. The first-order valence-corrected chi connectivity index (χ1v) is 15.6. The average Bonchev–Trinajstić information content (AvgIpc) is 2.89. The third-order valence-electron chi connectivity index (χ3n) is 9.49. The summed E-state index contributed by atoms with van der Waals surface area (Å²) in [6, 6.07) is 20.6. The molecule has 4 aliphatic rings. The summed E-state index contributed by atoms with van der Waals surface area (Å²) in [6.45, 7) is 5.54. The summed E-state index contributed by atoms with van der Waals surface area (Å²) >= 11 is 0. The van der Waals surface area contributed by atoms with Crippen LogP contribution in [0.2, 0.25) is 0 Å². The molecule has 0 radical (unpaired) electrons. The molecule has 3 aromatic rings. The van der Waals surface area contributed by atoms with Gasteiger partial charge in [-0.25, -0.2) is 8.42 Å². The molecule has 0 spiro atoms. The van der Waals surface area contributed by atoms with Crippen molar-refractivity contribution in [2.75, 3.05) is 16.2 Å². The molecule has 4 fully saturated rings. The van der Waals surface area contributed by atoms with Gasteiger partial charge in [-0.15, -0.1) is 0 Å². The summed E-state index contributed by atoms with van der Waals surface area (Å²) < 4.78 is 28.7. The lowest BCUT2D eigenvalue weighted by Crippen LogP contribution is -2.48. The fraction of sp³-hybridized carbons (Fsp3) is 0.424. The van der Waals surface area contributed by atoms with Gasteiger partial charge in [0, 0.05) is 5.69 Å². The molecule has 0 aliphatic heterocycles. The van der Waals surface area contributed by atoms with E-state index >= 15 is 0 Å². The van der Waals surface area contributed by atoms with Gasteiger partial charge in [0.2, 0.25) is 5.91 Å². The van der Waals surface area contributed by atoms with Crippen molar-refractivity contribution in [1.82, 2.24) is 0 Å². The van der Waals surface area contributed by atoms with Crippen molar-refractivity contribution in [3.05, 3.63) is 89.0 Å². The Bertz CT molecular complexity index is 1460. The second kappa shape index (κ2) is 9.81. The second-order valence-corrected chi connectivity index (χ2v) is 14.3. The second-order valence-electron chi connectivity index (χ2n) is 12.4. The molecule has 6 heteroatoms. The monoisotopic (exact) mass is 542 g/mol. The van der Waals surface area contributed by atoms with E-state index in [-0.39, 0.29) is 17.3 Å². The summed E-state index contributed by atoms with van der Waals surface area (Å²) in [5.41, 5.74) is 5.89. The molecule has 3 aromatic carbocycles. The number of nitrogens with one attached hydrogen (secondary N) is 1. The molecular weight excluding hydrogens is 504 g/mol. The number of hydrogen-bond donors (Lipinski definition) is 1. The van der Waals surface area contributed by atoms with E-state index in [4.69, 9.17) is 0 Å². The maximum absolute atomic E-state index is 13.7. The van der Waals surface area contributed by atoms with Gasteiger partial charge in [0.1, 0.15) is 6.54 Å². The molecule has 1 N–H and O–H groups in total. The lowest BCUT2D eigenvalue weighted by molar-refractivity contribution is -0.114. The van der Waals surface area contributed by atoms with E-state index in [1.807, 2.05) is 45.0 Å². The fourth-order valence-electron chi connectivity index (χ4n) is 7.74. The average molecular weight is 543 g/mol. The Morgan fingerprint density at radius 2 is 1.41 bits per heavy atom. The van der Waals surface area contributed by atoms with E-state index in [1.165, 1.54) is 48.4 Å². The maximum atomic E-state index is 13.7. The standard InChI is InChI=1S/C33H38N2O3S/c1-22-4-12-31(13-5-22)39(37,38)35(30-11-6-23(2)24(3)14-30)21-32(36)34-29-9-7-28(8-10-29)33-18-25-15-26(19-33)17-27(16-25)20-33/h4-14,25-27H,15-21H2,1-3H3,(H,34,36). The molecule has 0 saturated heterocycles. The Morgan fingerprint density at radius 1 is 0.821 bits per heavy atom. The normalized spacial score (nSPS) is 25.5. The van der Waals surface area contributed by atoms with Crippen LogP contribution in [0, 0.1) is 38.5 Å². The first-order valence-electron chi connectivity index (χ1n) is 14.2. The van der Waals surface area contributed by atoms with Crippen LogP contribution in [0.1, 0.15) is 60.8 Å². The molecule has 0 atom stereocenters. The molecule has 5 nitrogen and oxygen atoms in total. The van der Waals surface area contributed by atoms with Crippen LogP contribution in [0.25, 0.3) is 0 Å². The molecule has 4 saturated carbocycles. The van der Waals surface area contributed by atoms with Gasteiger partial charge in [0.15, 0.2) is 0 Å². The SMILES string of the molecule is Cc1ccc(S(=O)(=O)N(CC(=O)Nc2ccc(C34CC5CC(CC(C5)C3)C4)cc2)c2ccc(C)c(C)c2)cc1. The van der Waals surface area contributed by atoms with Crippen LogP contribution in [0.3, 0.4) is 0 Å². The predicted octanol–water partition coefficient (Wildman–Crippen LogP) is 6.91. The Kier molecular flexibility index (Phi) is 6.57. The van der Waals surface area contributed by atoms with Crippen LogP contribution < -0.4 is 9.62 Å². The van der Waals surface area contributed by atoms with Crippen LogP contribution in [0.4, 0.5) is 11.4 Å². The smallest absolute Gasteiger partial charge is 0.264 e. The number of nitrogens with zero attached hydrogens (tertiary/aromatic N) is 1.